The molecule has 74 valence electrons. The second-order valence-electron chi connectivity index (χ2n) is 2.74. The average molecular weight is 228 g/mol. The first-order valence-corrected chi connectivity index (χ1v) is 4.19. The van der Waals surface area contributed by atoms with E-state index < -0.39 is 0 Å². The van der Waals surface area contributed by atoms with Crippen LogP contribution < -0.4 is 5.11 Å². The molecule has 0 spiro atoms. The van der Waals surface area contributed by atoms with Crippen LogP contribution >= 0.6 is 0 Å². The summed E-state index contributed by atoms with van der Waals surface area (Å²) in [6.45, 7) is 1.92. The molecule has 0 saturated carbocycles. The van der Waals surface area contributed by atoms with Crippen LogP contribution in [0.4, 0.5) is 0 Å². The summed E-state index contributed by atoms with van der Waals surface area (Å²) in [7, 11) is 0. The van der Waals surface area contributed by atoms with Crippen LogP contribution in [0.5, 0.6) is 0 Å². The first kappa shape index (κ1) is 12.9. The van der Waals surface area contributed by atoms with E-state index in [1.807, 2.05) is 55.5 Å². The van der Waals surface area contributed by atoms with Gasteiger partial charge >= 0.3 is 17.1 Å². The fourth-order valence-electron chi connectivity index (χ4n) is 0.977. The van der Waals surface area contributed by atoms with Gasteiger partial charge in [0.25, 0.3) is 0 Å². The van der Waals surface area contributed by atoms with E-state index in [-0.39, 0.29) is 17.1 Å². The van der Waals surface area contributed by atoms with Gasteiger partial charge < -0.3 is 5.11 Å². The molecule has 1 aromatic rings. The van der Waals surface area contributed by atoms with Gasteiger partial charge in [-0.2, -0.15) is 18.2 Å². The van der Waals surface area contributed by atoms with Gasteiger partial charge in [-0.05, 0) is 18.1 Å². The topological polar surface area (TPSA) is 23.1 Å². The average Bonchev–Trinajstić information content (AvgIpc) is 2.76. The number of rotatable bonds is 0. The molecule has 0 N–H and O–H groups in total. The summed E-state index contributed by atoms with van der Waals surface area (Å²) in [5.74, 6) is 0. The first-order valence-electron chi connectivity index (χ1n) is 4.19. The molecule has 0 fully saturated rings. The summed E-state index contributed by atoms with van der Waals surface area (Å²) in [4.78, 5) is 0. The predicted molar refractivity (Wildman–Crippen MR) is 53.0 cm³/mol. The molecular weight excluding hydrogens is 216 g/mol. The Morgan fingerprint density at radius 1 is 1.29 bits per heavy atom. The quantitative estimate of drug-likeness (QED) is 0.379. The van der Waals surface area contributed by atoms with Gasteiger partial charge in [-0.3, -0.25) is 0 Å². The first-order chi connectivity index (χ1) is 6.34. The standard InChI is InChI=1S/C7H8O.C5H5.Fe/c1-6-3-2-4-7(6)5-8;1-2-4-5-3-1;/h2-5,8H,1H3;1-5H;/q;-1;+2/p-1/b7-5+;;. The SMILES string of the molecule is CC1=CC=C/C1=C\[O-].[Fe+2].c1cc[cH-]c1. The van der Waals surface area contributed by atoms with Crippen molar-refractivity contribution in [2.24, 2.45) is 0 Å². The van der Waals surface area contributed by atoms with E-state index in [4.69, 9.17) is 0 Å². The zero-order chi connectivity index (χ0) is 9.52. The molecule has 1 aromatic carbocycles. The Morgan fingerprint density at radius 3 is 2.14 bits per heavy atom. The van der Waals surface area contributed by atoms with Gasteiger partial charge in [0.1, 0.15) is 0 Å². The van der Waals surface area contributed by atoms with Crippen molar-refractivity contribution < 1.29 is 22.2 Å². The number of allylic oxidation sites excluding steroid dienone is 5. The molecular formula is C12H12FeO. The van der Waals surface area contributed by atoms with Crippen LogP contribution in [0.2, 0.25) is 0 Å². The van der Waals surface area contributed by atoms with Gasteiger partial charge in [0.15, 0.2) is 0 Å². The zero-order valence-electron chi connectivity index (χ0n) is 7.96. The maximum absolute atomic E-state index is 10.1. The van der Waals surface area contributed by atoms with E-state index in [0.717, 1.165) is 17.4 Å². The largest absolute Gasteiger partial charge is 2.00 e. The Morgan fingerprint density at radius 2 is 1.93 bits per heavy atom. The van der Waals surface area contributed by atoms with E-state index >= 15 is 0 Å². The van der Waals surface area contributed by atoms with Crippen molar-refractivity contribution in [2.75, 3.05) is 0 Å². The molecule has 2 heteroatoms. The van der Waals surface area contributed by atoms with Crippen LogP contribution in [-0.4, -0.2) is 0 Å². The van der Waals surface area contributed by atoms with E-state index in [1.165, 1.54) is 0 Å². The van der Waals surface area contributed by atoms with E-state index in [9.17, 15) is 5.11 Å². The summed E-state index contributed by atoms with van der Waals surface area (Å²) in [6, 6.07) is 10.0. The third-order valence-electron chi connectivity index (χ3n) is 1.76. The maximum atomic E-state index is 10.1. The van der Waals surface area contributed by atoms with Crippen molar-refractivity contribution in [2.45, 2.75) is 6.92 Å². The van der Waals surface area contributed by atoms with Gasteiger partial charge in [-0.15, -0.1) is 6.26 Å². The molecule has 1 aliphatic rings. The third kappa shape index (κ3) is 4.22. The minimum Gasteiger partial charge on any atom is -0.877 e. The Balaban J connectivity index is 0.000000246. The Hall–Kier alpha value is -1.11. The van der Waals surface area contributed by atoms with E-state index in [2.05, 4.69) is 0 Å². The molecule has 0 amide bonds. The Labute approximate surface area is 95.3 Å². The maximum Gasteiger partial charge on any atom is 2.00 e. The van der Waals surface area contributed by atoms with Crippen molar-refractivity contribution in [1.82, 2.24) is 0 Å². The van der Waals surface area contributed by atoms with Crippen LogP contribution in [0, 0.1) is 0 Å². The second kappa shape index (κ2) is 7.31. The molecule has 1 aliphatic carbocycles. The minimum absolute atomic E-state index is 0. The van der Waals surface area contributed by atoms with Crippen LogP contribution in [0.25, 0.3) is 0 Å². The zero-order valence-corrected chi connectivity index (χ0v) is 9.06. The summed E-state index contributed by atoms with van der Waals surface area (Å²) in [5.41, 5.74) is 1.85. The van der Waals surface area contributed by atoms with Gasteiger partial charge in [-0.1, -0.05) is 18.2 Å². The number of hydrogen-bond acceptors (Lipinski definition) is 1. The monoisotopic (exact) mass is 228 g/mol. The molecule has 0 bridgehead atoms. The molecule has 2 rings (SSSR count). The smallest absolute Gasteiger partial charge is 0.877 e. The Bertz CT molecular complexity index is 301. The molecule has 1 nitrogen and oxygen atoms in total. The third-order valence-corrected chi connectivity index (χ3v) is 1.76. The molecule has 0 saturated heterocycles. The van der Waals surface area contributed by atoms with Crippen molar-refractivity contribution in [3.8, 4) is 0 Å². The molecule has 0 aliphatic heterocycles. The fourth-order valence-corrected chi connectivity index (χ4v) is 0.977. The number of hydrogen-bond donors (Lipinski definition) is 0. The van der Waals surface area contributed by atoms with Crippen molar-refractivity contribution in [3.63, 3.8) is 0 Å². The van der Waals surface area contributed by atoms with Crippen molar-refractivity contribution in [1.29, 1.82) is 0 Å². The van der Waals surface area contributed by atoms with Crippen molar-refractivity contribution in [3.05, 3.63) is 66.0 Å². The predicted octanol–water partition coefficient (Wildman–Crippen LogP) is 2.15. The van der Waals surface area contributed by atoms with E-state index in [1.54, 1.807) is 0 Å². The van der Waals surface area contributed by atoms with Crippen LogP contribution in [-0.2, 0) is 17.1 Å². The van der Waals surface area contributed by atoms with Gasteiger partial charge in [-0.25, -0.2) is 12.1 Å². The summed E-state index contributed by atoms with van der Waals surface area (Å²) < 4.78 is 0. The molecule has 0 radical (unpaired) electrons. The molecule has 0 atom stereocenters. The Kier molecular flexibility index (Phi) is 6.73. The van der Waals surface area contributed by atoms with Gasteiger partial charge in [0.2, 0.25) is 0 Å². The van der Waals surface area contributed by atoms with Crippen LogP contribution in [0.1, 0.15) is 6.92 Å². The minimum atomic E-state index is 0. The molecule has 0 aromatic heterocycles. The second-order valence-corrected chi connectivity index (χ2v) is 2.74. The van der Waals surface area contributed by atoms with Gasteiger partial charge in [0.05, 0.1) is 0 Å². The molecule has 14 heavy (non-hydrogen) atoms. The normalized spacial score (nSPS) is 15.5. The van der Waals surface area contributed by atoms with Crippen molar-refractivity contribution >= 4 is 0 Å². The van der Waals surface area contributed by atoms with Crippen LogP contribution in [0.3, 0.4) is 0 Å². The molecule has 0 heterocycles. The van der Waals surface area contributed by atoms with Gasteiger partial charge in [0, 0.05) is 0 Å². The molecule has 0 unspecified atom stereocenters. The summed E-state index contributed by atoms with van der Waals surface area (Å²) in [6.07, 6.45) is 6.47. The fraction of sp³-hybridized carbons (Fsp3) is 0.0833. The summed E-state index contributed by atoms with van der Waals surface area (Å²) in [5, 5.41) is 10.1. The van der Waals surface area contributed by atoms with E-state index in [0.29, 0.717) is 0 Å². The van der Waals surface area contributed by atoms with Crippen LogP contribution in [0.15, 0.2) is 66.0 Å². The summed E-state index contributed by atoms with van der Waals surface area (Å²) >= 11 is 0.